The van der Waals surface area contributed by atoms with Gasteiger partial charge in [0.05, 0.1) is 12.3 Å². The van der Waals surface area contributed by atoms with Gasteiger partial charge in [0.2, 0.25) is 0 Å². The van der Waals surface area contributed by atoms with Crippen molar-refractivity contribution in [3.8, 4) is 34.5 Å². The zero-order valence-electron chi connectivity index (χ0n) is 23.5. The van der Waals surface area contributed by atoms with E-state index in [9.17, 15) is 10.1 Å². The van der Waals surface area contributed by atoms with Crippen LogP contribution in [0.3, 0.4) is 0 Å². The van der Waals surface area contributed by atoms with Crippen molar-refractivity contribution in [1.82, 2.24) is 9.78 Å². The highest BCUT2D eigenvalue weighted by Crippen LogP contribution is 2.29. The third-order valence-corrected chi connectivity index (χ3v) is 6.48. The van der Waals surface area contributed by atoms with Gasteiger partial charge in [0.25, 0.3) is 5.91 Å². The fourth-order valence-electron chi connectivity index (χ4n) is 4.32. The Bertz CT molecular complexity index is 1730. The zero-order chi connectivity index (χ0) is 29.3. The number of benzene rings is 4. The molecular formula is C35H30N4O3. The lowest BCUT2D eigenvalue weighted by Gasteiger charge is -2.09. The van der Waals surface area contributed by atoms with Gasteiger partial charge in [0.15, 0.2) is 0 Å². The van der Waals surface area contributed by atoms with Gasteiger partial charge in [0.1, 0.15) is 35.4 Å². The van der Waals surface area contributed by atoms with Gasteiger partial charge in [-0.2, -0.15) is 10.4 Å². The van der Waals surface area contributed by atoms with Crippen LogP contribution in [-0.2, 0) is 11.4 Å². The summed E-state index contributed by atoms with van der Waals surface area (Å²) in [4.78, 5) is 13.1. The Balaban J connectivity index is 1.45. The van der Waals surface area contributed by atoms with Crippen molar-refractivity contribution in [1.29, 1.82) is 5.26 Å². The molecule has 42 heavy (non-hydrogen) atoms. The number of hydrogen-bond donors (Lipinski definition) is 1. The highest BCUT2D eigenvalue weighted by Gasteiger charge is 2.16. The zero-order valence-corrected chi connectivity index (χ0v) is 23.5. The molecule has 208 valence electrons. The Morgan fingerprint density at radius 2 is 1.69 bits per heavy atom. The normalized spacial score (nSPS) is 11.0. The summed E-state index contributed by atoms with van der Waals surface area (Å²) >= 11 is 0. The number of nitrogens with zero attached hydrogens (tertiary/aromatic N) is 3. The van der Waals surface area contributed by atoms with Crippen LogP contribution in [0.25, 0.3) is 23.0 Å². The molecule has 0 saturated heterocycles. The van der Waals surface area contributed by atoms with Crippen molar-refractivity contribution in [3.05, 3.63) is 132 Å². The van der Waals surface area contributed by atoms with Crippen LogP contribution in [0.1, 0.15) is 23.6 Å². The quantitative estimate of drug-likeness (QED) is 0.144. The van der Waals surface area contributed by atoms with Crippen molar-refractivity contribution < 1.29 is 14.3 Å². The average Bonchev–Trinajstić information content (AvgIpc) is 3.45. The number of anilines is 1. The minimum absolute atomic E-state index is 0.0514. The predicted octanol–water partition coefficient (Wildman–Crippen LogP) is 7.37. The number of amides is 1. The number of ether oxygens (including phenoxy) is 2. The minimum atomic E-state index is -0.518. The van der Waals surface area contributed by atoms with E-state index in [-0.39, 0.29) is 5.57 Å². The number of nitriles is 1. The molecule has 0 aliphatic heterocycles. The Morgan fingerprint density at radius 3 is 2.40 bits per heavy atom. The Kier molecular flexibility index (Phi) is 8.76. The van der Waals surface area contributed by atoms with E-state index in [1.165, 1.54) is 5.56 Å². The molecule has 1 amide bonds. The maximum Gasteiger partial charge on any atom is 0.266 e. The fourth-order valence-corrected chi connectivity index (χ4v) is 4.32. The number of carbonyl (C=O) groups excluding carboxylic acids is 1. The van der Waals surface area contributed by atoms with Crippen LogP contribution < -0.4 is 14.8 Å². The van der Waals surface area contributed by atoms with Crippen LogP contribution in [0.2, 0.25) is 0 Å². The topological polar surface area (TPSA) is 89.2 Å². The second kappa shape index (κ2) is 13.2. The summed E-state index contributed by atoms with van der Waals surface area (Å²) in [7, 11) is 0. The van der Waals surface area contributed by atoms with Crippen LogP contribution in [0.15, 0.2) is 115 Å². The van der Waals surface area contributed by atoms with E-state index in [2.05, 4.69) is 24.4 Å². The molecule has 0 spiro atoms. The molecule has 0 radical (unpaired) electrons. The second-order valence-corrected chi connectivity index (χ2v) is 9.60. The number of aryl methyl sites for hydroxylation is 1. The van der Waals surface area contributed by atoms with Crippen molar-refractivity contribution in [2.45, 2.75) is 20.5 Å². The number of para-hydroxylation sites is 1. The molecule has 0 unspecified atom stereocenters. The Morgan fingerprint density at radius 1 is 0.929 bits per heavy atom. The molecule has 0 saturated carbocycles. The summed E-state index contributed by atoms with van der Waals surface area (Å²) in [6, 6.07) is 34.6. The SMILES string of the molecule is CCOc1ccc(NC(=O)/C(C#N)=C\c2cn(-c3ccccc3)nc2-c2cccc(OCc3ccc(C)cc3)c2)cc1. The molecule has 0 fully saturated rings. The molecule has 0 bridgehead atoms. The summed E-state index contributed by atoms with van der Waals surface area (Å²) in [6.45, 7) is 4.94. The molecule has 5 rings (SSSR count). The van der Waals surface area contributed by atoms with E-state index < -0.39 is 5.91 Å². The lowest BCUT2D eigenvalue weighted by atomic mass is 10.1. The molecular weight excluding hydrogens is 524 g/mol. The molecule has 0 atom stereocenters. The largest absolute Gasteiger partial charge is 0.494 e. The van der Waals surface area contributed by atoms with E-state index >= 15 is 0 Å². The maximum absolute atomic E-state index is 13.1. The van der Waals surface area contributed by atoms with Crippen LogP contribution >= 0.6 is 0 Å². The Labute approximate surface area is 245 Å². The van der Waals surface area contributed by atoms with E-state index in [1.807, 2.05) is 85.9 Å². The van der Waals surface area contributed by atoms with Gasteiger partial charge in [-0.25, -0.2) is 4.68 Å². The highest BCUT2D eigenvalue weighted by molar-refractivity contribution is 6.10. The van der Waals surface area contributed by atoms with Gasteiger partial charge in [-0.05, 0) is 74.0 Å². The lowest BCUT2D eigenvalue weighted by molar-refractivity contribution is -0.112. The summed E-state index contributed by atoms with van der Waals surface area (Å²) in [5.74, 6) is 0.871. The standard InChI is InChI=1S/C35H30N4O3/c1-3-41-32-18-16-30(17-19-32)37-35(40)28(22-36)20-29-23-39(31-9-5-4-6-10-31)38-34(29)27-8-7-11-33(21-27)42-24-26-14-12-25(2)13-15-26/h4-21,23H,3,24H2,1-2H3,(H,37,40)/b28-20-. The van der Waals surface area contributed by atoms with Crippen LogP contribution in [0, 0.1) is 18.3 Å². The first-order valence-electron chi connectivity index (χ1n) is 13.6. The highest BCUT2D eigenvalue weighted by atomic mass is 16.5. The molecule has 7 nitrogen and oxygen atoms in total. The lowest BCUT2D eigenvalue weighted by Crippen LogP contribution is -2.13. The van der Waals surface area contributed by atoms with Crippen molar-refractivity contribution in [2.24, 2.45) is 0 Å². The number of carbonyl (C=O) groups is 1. The van der Waals surface area contributed by atoms with E-state index in [4.69, 9.17) is 14.6 Å². The first-order valence-corrected chi connectivity index (χ1v) is 13.6. The number of aromatic nitrogens is 2. The molecule has 5 aromatic rings. The van der Waals surface area contributed by atoms with Crippen molar-refractivity contribution >= 4 is 17.7 Å². The molecule has 1 aromatic heterocycles. The van der Waals surface area contributed by atoms with E-state index in [0.717, 1.165) is 16.8 Å². The van der Waals surface area contributed by atoms with Crippen LogP contribution in [0.5, 0.6) is 11.5 Å². The number of nitrogens with one attached hydrogen (secondary N) is 1. The smallest absolute Gasteiger partial charge is 0.266 e. The average molecular weight is 555 g/mol. The number of hydrogen-bond acceptors (Lipinski definition) is 5. The van der Waals surface area contributed by atoms with Gasteiger partial charge in [-0.1, -0.05) is 60.2 Å². The van der Waals surface area contributed by atoms with E-state index in [0.29, 0.717) is 41.7 Å². The second-order valence-electron chi connectivity index (χ2n) is 9.60. The first-order chi connectivity index (χ1) is 20.5. The van der Waals surface area contributed by atoms with Crippen molar-refractivity contribution in [2.75, 3.05) is 11.9 Å². The van der Waals surface area contributed by atoms with E-state index in [1.54, 1.807) is 35.0 Å². The van der Waals surface area contributed by atoms with Gasteiger partial charge in [-0.15, -0.1) is 0 Å². The third kappa shape index (κ3) is 6.93. The van der Waals surface area contributed by atoms with Gasteiger partial charge in [-0.3, -0.25) is 4.79 Å². The Hall–Kier alpha value is -5.61. The molecule has 7 heteroatoms. The van der Waals surface area contributed by atoms with Gasteiger partial charge < -0.3 is 14.8 Å². The van der Waals surface area contributed by atoms with Gasteiger partial charge in [0, 0.05) is 23.0 Å². The summed E-state index contributed by atoms with van der Waals surface area (Å²) in [5, 5.41) is 17.6. The fraction of sp³-hybridized carbons (Fsp3) is 0.114. The molecule has 0 aliphatic carbocycles. The summed E-state index contributed by atoms with van der Waals surface area (Å²) in [5.41, 5.74) is 5.64. The van der Waals surface area contributed by atoms with Crippen LogP contribution in [-0.4, -0.2) is 22.3 Å². The minimum Gasteiger partial charge on any atom is -0.494 e. The molecule has 1 heterocycles. The van der Waals surface area contributed by atoms with Gasteiger partial charge >= 0.3 is 0 Å². The third-order valence-electron chi connectivity index (χ3n) is 6.48. The molecule has 1 N–H and O–H groups in total. The maximum atomic E-state index is 13.1. The predicted molar refractivity (Wildman–Crippen MR) is 164 cm³/mol. The number of rotatable bonds is 10. The molecule has 0 aliphatic rings. The first kappa shape index (κ1) is 27.9. The summed E-state index contributed by atoms with van der Waals surface area (Å²) in [6.07, 6.45) is 3.37. The summed E-state index contributed by atoms with van der Waals surface area (Å²) < 4.78 is 13.3. The van der Waals surface area contributed by atoms with Crippen LogP contribution in [0.4, 0.5) is 5.69 Å². The monoisotopic (exact) mass is 554 g/mol. The van der Waals surface area contributed by atoms with Crippen molar-refractivity contribution in [3.63, 3.8) is 0 Å². The molecule has 4 aromatic carbocycles.